The van der Waals surface area contributed by atoms with Crippen LogP contribution in [0.15, 0.2) is 41.1 Å². The summed E-state index contributed by atoms with van der Waals surface area (Å²) in [5.74, 6) is -0.652. The summed E-state index contributed by atoms with van der Waals surface area (Å²) in [7, 11) is 0. The van der Waals surface area contributed by atoms with Crippen LogP contribution in [-0.2, 0) is 6.54 Å². The Kier molecular flexibility index (Phi) is 3.99. The zero-order chi connectivity index (χ0) is 13.0. The van der Waals surface area contributed by atoms with Crippen LogP contribution in [0.3, 0.4) is 0 Å². The summed E-state index contributed by atoms with van der Waals surface area (Å²) in [5.41, 5.74) is 0.152. The van der Waals surface area contributed by atoms with Crippen molar-refractivity contribution in [3.05, 3.63) is 46.7 Å². The molecular weight excluding hydrogens is 300 g/mol. The van der Waals surface area contributed by atoms with Crippen LogP contribution in [0, 0.1) is 0 Å². The number of hydrogen-bond acceptors (Lipinski definition) is 3. The van der Waals surface area contributed by atoms with E-state index in [2.05, 4.69) is 21.0 Å². The van der Waals surface area contributed by atoms with Crippen LogP contribution in [0.1, 0.15) is 10.4 Å². The Bertz CT molecular complexity index is 540. The Morgan fingerprint density at radius 3 is 3.00 bits per heavy atom. The molecule has 0 fully saturated rings. The van der Waals surface area contributed by atoms with E-state index in [1.54, 1.807) is 23.0 Å². The van der Waals surface area contributed by atoms with Gasteiger partial charge in [-0.3, -0.25) is 4.68 Å². The predicted molar refractivity (Wildman–Crippen MR) is 68.8 cm³/mol. The van der Waals surface area contributed by atoms with Crippen LogP contribution < -0.4 is 4.74 Å². The first-order valence-corrected chi connectivity index (χ1v) is 6.09. The van der Waals surface area contributed by atoms with Gasteiger partial charge in [0.1, 0.15) is 17.9 Å². The Labute approximate surface area is 112 Å². The van der Waals surface area contributed by atoms with Gasteiger partial charge in [0.15, 0.2) is 0 Å². The normalized spacial score (nSPS) is 10.3. The lowest BCUT2D eigenvalue weighted by molar-refractivity contribution is 0.0692. The van der Waals surface area contributed by atoms with Gasteiger partial charge in [0.05, 0.1) is 6.54 Å². The number of nitrogens with zero attached hydrogens (tertiary/aromatic N) is 2. The summed E-state index contributed by atoms with van der Waals surface area (Å²) in [6, 6.07) is 6.65. The number of carbonyl (C=O) groups is 1. The van der Waals surface area contributed by atoms with E-state index in [-0.39, 0.29) is 5.56 Å². The van der Waals surface area contributed by atoms with Crippen molar-refractivity contribution in [2.45, 2.75) is 6.54 Å². The minimum absolute atomic E-state index is 0.152. The Balaban J connectivity index is 2.03. The van der Waals surface area contributed by atoms with Crippen molar-refractivity contribution in [1.82, 2.24) is 9.78 Å². The van der Waals surface area contributed by atoms with Crippen molar-refractivity contribution in [3.8, 4) is 5.75 Å². The van der Waals surface area contributed by atoms with Gasteiger partial charge in [0.2, 0.25) is 0 Å². The number of carboxylic acids is 1. The molecule has 5 nitrogen and oxygen atoms in total. The van der Waals surface area contributed by atoms with Gasteiger partial charge in [-0.2, -0.15) is 5.10 Å². The first-order valence-electron chi connectivity index (χ1n) is 5.30. The fourth-order valence-corrected chi connectivity index (χ4v) is 1.81. The molecule has 0 saturated heterocycles. The lowest BCUT2D eigenvalue weighted by atomic mass is 10.2. The van der Waals surface area contributed by atoms with Gasteiger partial charge in [-0.05, 0) is 24.3 Å². The number of carboxylic acid groups (broad SMARTS) is 1. The van der Waals surface area contributed by atoms with Gasteiger partial charge in [0, 0.05) is 16.9 Å². The average molecular weight is 311 g/mol. The summed E-state index contributed by atoms with van der Waals surface area (Å²) < 4.78 is 7.98. The third kappa shape index (κ3) is 3.10. The zero-order valence-electron chi connectivity index (χ0n) is 9.41. The molecule has 1 aromatic heterocycles. The van der Waals surface area contributed by atoms with Crippen molar-refractivity contribution in [2.75, 3.05) is 6.61 Å². The van der Waals surface area contributed by atoms with Gasteiger partial charge >= 0.3 is 5.97 Å². The maximum atomic E-state index is 11.0. The lowest BCUT2D eigenvalue weighted by Gasteiger charge is -2.09. The summed E-state index contributed by atoms with van der Waals surface area (Å²) in [6.45, 7) is 0.928. The topological polar surface area (TPSA) is 64.3 Å². The minimum Gasteiger partial charge on any atom is -0.491 e. The molecule has 0 aliphatic rings. The van der Waals surface area contributed by atoms with Crippen molar-refractivity contribution >= 4 is 21.9 Å². The molecule has 6 heteroatoms. The quantitative estimate of drug-likeness (QED) is 0.921. The Morgan fingerprint density at radius 1 is 1.50 bits per heavy atom. The molecule has 0 radical (unpaired) electrons. The molecule has 1 aromatic carbocycles. The maximum Gasteiger partial charge on any atom is 0.339 e. The van der Waals surface area contributed by atoms with Crippen molar-refractivity contribution in [1.29, 1.82) is 0 Å². The fourth-order valence-electron chi connectivity index (χ4n) is 1.47. The molecule has 0 amide bonds. The second-order valence-corrected chi connectivity index (χ2v) is 4.48. The number of benzene rings is 1. The summed E-state index contributed by atoms with van der Waals surface area (Å²) in [4.78, 5) is 11.0. The monoisotopic (exact) mass is 310 g/mol. The van der Waals surface area contributed by atoms with E-state index >= 15 is 0 Å². The highest BCUT2D eigenvalue weighted by molar-refractivity contribution is 9.10. The first-order chi connectivity index (χ1) is 8.66. The molecule has 0 unspecified atom stereocenters. The van der Waals surface area contributed by atoms with Crippen molar-refractivity contribution in [3.63, 3.8) is 0 Å². The highest BCUT2D eigenvalue weighted by atomic mass is 79.9. The number of halogens is 1. The standard InChI is InChI=1S/C12H11BrN2O3/c13-9-2-3-10(12(16)17)11(8-9)18-7-6-15-5-1-4-14-15/h1-5,8H,6-7H2,(H,16,17). The van der Waals surface area contributed by atoms with Gasteiger partial charge in [-0.1, -0.05) is 15.9 Å². The van der Waals surface area contributed by atoms with Gasteiger partial charge in [-0.15, -0.1) is 0 Å². The van der Waals surface area contributed by atoms with E-state index in [0.717, 1.165) is 4.47 Å². The molecule has 18 heavy (non-hydrogen) atoms. The van der Waals surface area contributed by atoms with Gasteiger partial charge in [0.25, 0.3) is 0 Å². The predicted octanol–water partition coefficient (Wildman–Crippen LogP) is 2.42. The molecule has 0 bridgehead atoms. The van der Waals surface area contributed by atoms with Gasteiger partial charge in [-0.25, -0.2) is 4.79 Å². The number of ether oxygens (including phenoxy) is 1. The third-order valence-electron chi connectivity index (χ3n) is 2.31. The Hall–Kier alpha value is -1.82. The average Bonchev–Trinajstić information content (AvgIpc) is 2.82. The molecule has 1 N–H and O–H groups in total. The van der Waals surface area contributed by atoms with E-state index in [1.807, 2.05) is 12.3 Å². The first kappa shape index (κ1) is 12.6. The van der Waals surface area contributed by atoms with Gasteiger partial charge < -0.3 is 9.84 Å². The molecule has 94 valence electrons. The van der Waals surface area contributed by atoms with Crippen LogP contribution >= 0.6 is 15.9 Å². The minimum atomic E-state index is -1.00. The van der Waals surface area contributed by atoms with E-state index < -0.39 is 5.97 Å². The largest absolute Gasteiger partial charge is 0.491 e. The van der Waals surface area contributed by atoms with Crippen LogP contribution in [-0.4, -0.2) is 27.5 Å². The fraction of sp³-hybridized carbons (Fsp3) is 0.167. The van der Waals surface area contributed by atoms with Crippen LogP contribution in [0.5, 0.6) is 5.75 Å². The van der Waals surface area contributed by atoms with Crippen molar-refractivity contribution < 1.29 is 14.6 Å². The highest BCUT2D eigenvalue weighted by Crippen LogP contribution is 2.23. The number of hydrogen-bond donors (Lipinski definition) is 1. The summed E-state index contributed by atoms with van der Waals surface area (Å²) in [5, 5.41) is 13.1. The van der Waals surface area contributed by atoms with Crippen LogP contribution in [0.4, 0.5) is 0 Å². The maximum absolute atomic E-state index is 11.0. The second-order valence-electron chi connectivity index (χ2n) is 3.56. The molecule has 2 rings (SSSR count). The molecule has 0 aliphatic carbocycles. The number of rotatable bonds is 5. The number of aromatic carboxylic acids is 1. The molecular formula is C12H11BrN2O3. The third-order valence-corrected chi connectivity index (χ3v) is 2.80. The van der Waals surface area contributed by atoms with E-state index in [4.69, 9.17) is 9.84 Å². The highest BCUT2D eigenvalue weighted by Gasteiger charge is 2.11. The summed E-state index contributed by atoms with van der Waals surface area (Å²) >= 11 is 3.29. The van der Waals surface area contributed by atoms with E-state index in [1.165, 1.54) is 6.07 Å². The smallest absolute Gasteiger partial charge is 0.339 e. The van der Waals surface area contributed by atoms with Crippen LogP contribution in [0.2, 0.25) is 0 Å². The molecule has 2 aromatic rings. The molecule has 0 spiro atoms. The Morgan fingerprint density at radius 2 is 2.33 bits per heavy atom. The SMILES string of the molecule is O=C(O)c1ccc(Br)cc1OCCn1cccn1. The van der Waals surface area contributed by atoms with E-state index in [0.29, 0.717) is 18.9 Å². The van der Waals surface area contributed by atoms with Crippen molar-refractivity contribution in [2.24, 2.45) is 0 Å². The molecule has 1 heterocycles. The number of aromatic nitrogens is 2. The zero-order valence-corrected chi connectivity index (χ0v) is 11.0. The second kappa shape index (κ2) is 5.68. The van der Waals surface area contributed by atoms with E-state index in [9.17, 15) is 4.79 Å². The molecule has 0 saturated carbocycles. The summed E-state index contributed by atoms with van der Waals surface area (Å²) in [6.07, 6.45) is 3.50. The van der Waals surface area contributed by atoms with Crippen LogP contribution in [0.25, 0.3) is 0 Å². The molecule has 0 aliphatic heterocycles. The lowest BCUT2D eigenvalue weighted by Crippen LogP contribution is -2.10. The molecule has 0 atom stereocenters.